The number of aliphatic hydroxyl groups excluding tert-OH is 2. The van der Waals surface area contributed by atoms with E-state index in [0.717, 1.165) is 30.6 Å². The van der Waals surface area contributed by atoms with E-state index in [1.54, 1.807) is 0 Å². The lowest BCUT2D eigenvalue weighted by molar-refractivity contribution is -0.126. The van der Waals surface area contributed by atoms with E-state index in [2.05, 4.69) is 41.2 Å². The molecule has 1 aromatic carbocycles. The number of piperidine rings is 1. The van der Waals surface area contributed by atoms with E-state index in [-0.39, 0.29) is 36.2 Å². The van der Waals surface area contributed by atoms with Crippen LogP contribution in [-0.2, 0) is 14.3 Å². The van der Waals surface area contributed by atoms with Gasteiger partial charge in [0.25, 0.3) is 17.6 Å². The quantitative estimate of drug-likeness (QED) is 0.0325. The average molecular weight is 829 g/mol. The number of nitriles is 1. The Balaban J connectivity index is 1.14. The molecule has 0 saturated carbocycles. The van der Waals surface area contributed by atoms with Crippen molar-refractivity contribution in [2.24, 2.45) is 0 Å². The summed E-state index contributed by atoms with van der Waals surface area (Å²) in [6.45, 7) is 9.20. The Hall–Kier alpha value is -5.55. The molecule has 18 heteroatoms. The van der Waals surface area contributed by atoms with Gasteiger partial charge in [-0.3, -0.25) is 19.3 Å². The Bertz CT molecular complexity index is 2070. The normalized spacial score (nSPS) is 12.9. The van der Waals surface area contributed by atoms with Gasteiger partial charge in [-0.2, -0.15) is 9.94 Å². The number of ether oxygens (including phenoxy) is 3. The van der Waals surface area contributed by atoms with Gasteiger partial charge in [0.2, 0.25) is 5.82 Å². The summed E-state index contributed by atoms with van der Waals surface area (Å²) < 4.78 is 17.8. The van der Waals surface area contributed by atoms with E-state index < -0.39 is 17.6 Å². The minimum absolute atomic E-state index is 0.0126. The Labute approximate surface area is 349 Å². The Kier molecular flexibility index (Phi) is 18.1. The number of aliphatic hydroxyl groups is 2. The van der Waals surface area contributed by atoms with Gasteiger partial charge in [-0.25, -0.2) is 9.97 Å². The Morgan fingerprint density at radius 1 is 0.933 bits per heavy atom. The number of Topliss-reactive ketones (excluding diaryl/α,β-unsaturated/α-hetero) is 1. The smallest absolute Gasteiger partial charge is 0.295 e. The number of aromatic amines is 1. The van der Waals surface area contributed by atoms with Crippen LogP contribution in [-0.4, -0.2) is 173 Å². The van der Waals surface area contributed by atoms with Gasteiger partial charge in [-0.05, 0) is 63.4 Å². The van der Waals surface area contributed by atoms with Crippen LogP contribution in [0.3, 0.4) is 0 Å². The van der Waals surface area contributed by atoms with Crippen molar-refractivity contribution in [1.29, 1.82) is 5.26 Å². The summed E-state index contributed by atoms with van der Waals surface area (Å²) in [5, 5.41) is 36.5. The van der Waals surface area contributed by atoms with E-state index in [1.807, 2.05) is 37.3 Å². The molecule has 3 aromatic heterocycles. The maximum absolute atomic E-state index is 13.7. The zero-order valence-corrected chi connectivity index (χ0v) is 34.5. The van der Waals surface area contributed by atoms with Crippen LogP contribution in [0.2, 0.25) is 0 Å². The van der Waals surface area contributed by atoms with Crippen LogP contribution in [0, 0.1) is 11.3 Å². The van der Waals surface area contributed by atoms with Gasteiger partial charge in [-0.1, -0.05) is 30.3 Å². The summed E-state index contributed by atoms with van der Waals surface area (Å²) in [4.78, 5) is 57.8. The number of hydrogen-bond acceptors (Lipinski definition) is 14. The lowest BCUT2D eigenvalue weighted by Crippen LogP contribution is -2.40. The van der Waals surface area contributed by atoms with Gasteiger partial charge in [0, 0.05) is 52.1 Å². The summed E-state index contributed by atoms with van der Waals surface area (Å²) in [7, 11) is 1.44. The van der Waals surface area contributed by atoms with Crippen LogP contribution in [0.1, 0.15) is 59.1 Å². The number of carbonyl (C=O) groups is 3. The summed E-state index contributed by atoms with van der Waals surface area (Å²) in [6, 6.07) is 11.7. The second kappa shape index (κ2) is 23.9. The summed E-state index contributed by atoms with van der Waals surface area (Å²) >= 11 is 0. The zero-order valence-electron chi connectivity index (χ0n) is 34.5. The molecule has 1 fully saturated rings. The van der Waals surface area contributed by atoms with Crippen LogP contribution < -0.4 is 10.1 Å². The third-order valence-electron chi connectivity index (χ3n) is 10.3. The molecular weight excluding hydrogens is 773 g/mol. The topological polar surface area (TPSA) is 224 Å². The van der Waals surface area contributed by atoms with Crippen molar-refractivity contribution < 1.29 is 38.8 Å². The van der Waals surface area contributed by atoms with Gasteiger partial charge in [0.1, 0.15) is 12.1 Å². The van der Waals surface area contributed by atoms with Crippen molar-refractivity contribution in [2.45, 2.75) is 32.6 Å². The number of nitrogens with zero attached hydrogens (tertiary/aromatic N) is 8. The van der Waals surface area contributed by atoms with Crippen molar-refractivity contribution in [3.63, 3.8) is 0 Å². The van der Waals surface area contributed by atoms with E-state index in [0.29, 0.717) is 108 Å². The van der Waals surface area contributed by atoms with Crippen molar-refractivity contribution >= 4 is 34.1 Å². The molecule has 0 radical (unpaired) electrons. The first-order valence-electron chi connectivity index (χ1n) is 20.4. The first-order chi connectivity index (χ1) is 29.3. The summed E-state index contributed by atoms with van der Waals surface area (Å²) in [6.07, 6.45) is 6.62. The molecule has 0 bridgehead atoms. The molecule has 4 aromatic rings. The minimum atomic E-state index is -0.720. The second-order valence-corrected chi connectivity index (χ2v) is 14.1. The number of amides is 2. The minimum Gasteiger partial charge on any atom is -0.494 e. The van der Waals surface area contributed by atoms with E-state index >= 15 is 0 Å². The largest absolute Gasteiger partial charge is 0.494 e. The fourth-order valence-corrected chi connectivity index (χ4v) is 7.14. The average Bonchev–Trinajstić information content (AvgIpc) is 3.95. The highest BCUT2D eigenvalue weighted by Gasteiger charge is 2.30. The number of likely N-dealkylation sites (tertiary alicyclic amines) is 1. The molecule has 5 rings (SSSR count). The zero-order chi connectivity index (χ0) is 42.7. The molecule has 1 aliphatic rings. The number of fused-ring (bicyclic) bond motifs is 1. The standard InChI is InChI=1S/C42H56N10O8/c1-3-59-25-26-60-24-21-50(20-23-54)16-8-15-49(19-22-53)14-7-13-44-41(56)39-47-30-52(48-39)40-37-36(35(58-2)29-46-40)34(28-45-37)38(55)42(57)51-17-11-32(12-18-51)33(27-43)31-9-5-4-6-10-31/h4-6,9-10,28-30,45,53-54H,3,7-8,11-26H2,1-2H3,(H,44,56). The molecular formula is C42H56N10O8. The lowest BCUT2D eigenvalue weighted by atomic mass is 9.93. The van der Waals surface area contributed by atoms with Gasteiger partial charge in [0.15, 0.2) is 5.82 Å². The molecule has 0 spiro atoms. The SMILES string of the molecule is CCOCCOCCN(CCO)CCCN(CCO)CCCNC(=O)c1ncn(-c2ncc(OC)c3c(C(=O)C(=O)N4CCC(=C(C#N)c5ccccc5)CC4)c[nH]c23)n1. The number of pyridine rings is 1. The monoisotopic (exact) mass is 828 g/mol. The van der Waals surface area contributed by atoms with Gasteiger partial charge < -0.3 is 44.5 Å². The van der Waals surface area contributed by atoms with Gasteiger partial charge in [0.05, 0.1) is 74.4 Å². The number of benzene rings is 1. The molecule has 0 aliphatic carbocycles. The summed E-state index contributed by atoms with van der Waals surface area (Å²) in [5.74, 6) is -1.43. The fourth-order valence-electron chi connectivity index (χ4n) is 7.14. The fraction of sp³-hybridized carbons (Fsp3) is 0.500. The van der Waals surface area contributed by atoms with Gasteiger partial charge in [-0.15, -0.1) is 5.10 Å². The molecule has 1 saturated heterocycles. The third-order valence-corrected chi connectivity index (χ3v) is 10.3. The highest BCUT2D eigenvalue weighted by Crippen LogP contribution is 2.32. The molecule has 4 N–H and O–H groups in total. The number of aromatic nitrogens is 5. The first kappa shape index (κ1) is 45.5. The van der Waals surface area contributed by atoms with E-state index in [1.165, 1.54) is 35.4 Å². The number of H-pyrrole nitrogens is 1. The Morgan fingerprint density at radius 3 is 2.32 bits per heavy atom. The predicted octanol–water partition coefficient (Wildman–Crippen LogP) is 2.09. The third kappa shape index (κ3) is 12.3. The lowest BCUT2D eigenvalue weighted by Gasteiger charge is -2.28. The van der Waals surface area contributed by atoms with Crippen molar-refractivity contribution in [3.8, 4) is 17.6 Å². The van der Waals surface area contributed by atoms with Gasteiger partial charge >= 0.3 is 0 Å². The first-order valence-corrected chi connectivity index (χ1v) is 20.4. The van der Waals surface area contributed by atoms with Crippen LogP contribution in [0.4, 0.5) is 0 Å². The maximum atomic E-state index is 13.7. The molecule has 4 heterocycles. The molecule has 322 valence electrons. The second-order valence-electron chi connectivity index (χ2n) is 14.1. The number of methoxy groups -OCH3 is 1. The van der Waals surface area contributed by atoms with Crippen LogP contribution in [0.5, 0.6) is 5.75 Å². The number of rotatable bonds is 25. The predicted molar refractivity (Wildman–Crippen MR) is 223 cm³/mol. The van der Waals surface area contributed by atoms with E-state index in [9.17, 15) is 29.9 Å². The molecule has 0 atom stereocenters. The maximum Gasteiger partial charge on any atom is 0.295 e. The molecule has 0 unspecified atom stereocenters. The molecule has 60 heavy (non-hydrogen) atoms. The van der Waals surface area contributed by atoms with Crippen molar-refractivity contribution in [2.75, 3.05) is 106 Å². The Morgan fingerprint density at radius 2 is 1.63 bits per heavy atom. The highest BCUT2D eigenvalue weighted by molar-refractivity contribution is 6.45. The molecule has 1 aliphatic heterocycles. The number of allylic oxidation sites excluding steroid dienone is 1. The molecule has 18 nitrogen and oxygen atoms in total. The van der Waals surface area contributed by atoms with Crippen molar-refractivity contribution in [1.82, 2.24) is 44.7 Å². The molecule has 2 amide bonds. The number of nitrogens with one attached hydrogen (secondary N) is 2. The highest BCUT2D eigenvalue weighted by atomic mass is 16.5. The van der Waals surface area contributed by atoms with E-state index in [4.69, 9.17) is 14.2 Å². The van der Waals surface area contributed by atoms with Crippen LogP contribution in [0.15, 0.2) is 54.6 Å². The van der Waals surface area contributed by atoms with Crippen molar-refractivity contribution in [3.05, 3.63) is 71.6 Å². The number of hydrogen-bond donors (Lipinski definition) is 4. The number of carbonyl (C=O) groups excluding carboxylic acids is 3. The number of ketones is 1. The van der Waals surface area contributed by atoms with Crippen LogP contribution >= 0.6 is 0 Å². The van der Waals surface area contributed by atoms with Crippen LogP contribution in [0.25, 0.3) is 22.3 Å². The summed E-state index contributed by atoms with van der Waals surface area (Å²) in [5.41, 5.74) is 2.85.